The van der Waals surface area contributed by atoms with Crippen LogP contribution in [0.1, 0.15) is 27.7 Å². The number of halogens is 4. The van der Waals surface area contributed by atoms with Crippen molar-refractivity contribution in [2.24, 2.45) is 5.92 Å². The number of benzene rings is 1. The molecule has 0 bridgehead atoms. The lowest BCUT2D eigenvalue weighted by Gasteiger charge is -2.32. The first-order chi connectivity index (χ1) is 12.7. The van der Waals surface area contributed by atoms with Crippen LogP contribution in [-0.4, -0.2) is 32.2 Å². The van der Waals surface area contributed by atoms with Crippen molar-refractivity contribution in [1.82, 2.24) is 19.6 Å². The second-order valence-corrected chi connectivity index (χ2v) is 7.32. The highest BCUT2D eigenvalue weighted by Crippen LogP contribution is 2.40. The van der Waals surface area contributed by atoms with E-state index >= 15 is 0 Å². The van der Waals surface area contributed by atoms with E-state index in [0.29, 0.717) is 24.5 Å². The molecule has 0 atom stereocenters. The molecule has 0 fully saturated rings. The molecule has 3 rings (SSSR count). The predicted molar refractivity (Wildman–Crippen MR) is 98.4 cm³/mol. The lowest BCUT2D eigenvalue weighted by Crippen LogP contribution is -2.36. The molecule has 0 aliphatic carbocycles. The van der Waals surface area contributed by atoms with E-state index in [1.165, 1.54) is 10.8 Å². The Morgan fingerprint density at radius 2 is 1.70 bits per heavy atom. The van der Waals surface area contributed by atoms with Gasteiger partial charge in [-0.1, -0.05) is 25.4 Å². The monoisotopic (exact) mass is 397 g/mol. The summed E-state index contributed by atoms with van der Waals surface area (Å²) in [5, 5.41) is 4.02. The first-order valence-electron chi connectivity index (χ1n) is 8.51. The van der Waals surface area contributed by atoms with E-state index in [-0.39, 0.29) is 28.5 Å². The number of hydrogen-bond acceptors (Lipinski definition) is 4. The molecule has 27 heavy (non-hydrogen) atoms. The number of fused-ring (bicyclic) bond motifs is 1. The first-order valence-corrected chi connectivity index (χ1v) is 8.89. The molecule has 5 nitrogen and oxygen atoms in total. The van der Waals surface area contributed by atoms with Gasteiger partial charge in [0, 0.05) is 24.7 Å². The molecule has 0 amide bonds. The van der Waals surface area contributed by atoms with Gasteiger partial charge in [0.05, 0.1) is 11.1 Å². The van der Waals surface area contributed by atoms with E-state index in [2.05, 4.69) is 15.1 Å². The van der Waals surface area contributed by atoms with Crippen LogP contribution in [0.5, 0.6) is 0 Å². The van der Waals surface area contributed by atoms with Gasteiger partial charge < -0.3 is 4.90 Å². The molecule has 3 aromatic rings. The second-order valence-electron chi connectivity index (χ2n) is 6.96. The standard InChI is InChI=1S/C18H19ClF3N5/c1-9(2)7-26(10(3)4)17-15(14-12(21)5-11(20)6-13(14)22)16(19)25-18-23-8-24-27(17)18/h5-6,8-10H,7H2,1-4H3. The minimum atomic E-state index is -1.06. The average Bonchev–Trinajstić information content (AvgIpc) is 2.99. The first kappa shape index (κ1) is 19.4. The molecule has 2 aromatic heterocycles. The summed E-state index contributed by atoms with van der Waals surface area (Å²) in [7, 11) is 0. The van der Waals surface area contributed by atoms with Crippen molar-refractivity contribution in [2.75, 3.05) is 11.4 Å². The molecular weight excluding hydrogens is 379 g/mol. The van der Waals surface area contributed by atoms with Gasteiger partial charge in [-0.15, -0.1) is 0 Å². The van der Waals surface area contributed by atoms with Gasteiger partial charge >= 0.3 is 0 Å². The van der Waals surface area contributed by atoms with Crippen molar-refractivity contribution < 1.29 is 13.2 Å². The number of rotatable bonds is 5. The third kappa shape index (κ3) is 3.58. The third-order valence-electron chi connectivity index (χ3n) is 4.07. The number of aromatic nitrogens is 4. The fourth-order valence-corrected chi connectivity index (χ4v) is 3.25. The maximum absolute atomic E-state index is 14.6. The van der Waals surface area contributed by atoms with Gasteiger partial charge in [-0.2, -0.15) is 19.6 Å². The van der Waals surface area contributed by atoms with E-state index in [0.717, 1.165) is 0 Å². The molecular formula is C18H19ClF3N5. The molecule has 0 aliphatic rings. The minimum Gasteiger partial charge on any atom is -0.353 e. The Morgan fingerprint density at radius 3 is 2.26 bits per heavy atom. The van der Waals surface area contributed by atoms with Gasteiger partial charge in [0.25, 0.3) is 5.78 Å². The molecule has 0 unspecified atom stereocenters. The fourth-order valence-electron chi connectivity index (χ4n) is 3.00. The van der Waals surface area contributed by atoms with Crippen LogP contribution in [0.2, 0.25) is 5.15 Å². The van der Waals surface area contributed by atoms with E-state index in [1.54, 1.807) is 0 Å². The summed E-state index contributed by atoms with van der Waals surface area (Å²) in [6.07, 6.45) is 1.29. The molecule has 0 radical (unpaired) electrons. The van der Waals surface area contributed by atoms with Crippen LogP contribution < -0.4 is 4.90 Å². The minimum absolute atomic E-state index is 0.0130. The van der Waals surface area contributed by atoms with Crippen LogP contribution in [0.4, 0.5) is 19.0 Å². The number of anilines is 1. The highest BCUT2D eigenvalue weighted by Gasteiger charge is 2.28. The maximum Gasteiger partial charge on any atom is 0.255 e. The lowest BCUT2D eigenvalue weighted by molar-refractivity contribution is 0.545. The van der Waals surface area contributed by atoms with Crippen LogP contribution in [0.25, 0.3) is 16.9 Å². The number of nitrogens with zero attached hydrogens (tertiary/aromatic N) is 5. The van der Waals surface area contributed by atoms with E-state index in [1.807, 2.05) is 32.6 Å². The highest BCUT2D eigenvalue weighted by molar-refractivity contribution is 6.33. The predicted octanol–water partition coefficient (Wildman–Crippen LogP) is 4.73. The topological polar surface area (TPSA) is 46.3 Å². The zero-order chi connectivity index (χ0) is 19.9. The Kier molecular flexibility index (Phi) is 5.28. The molecule has 0 saturated heterocycles. The quantitative estimate of drug-likeness (QED) is 0.584. The van der Waals surface area contributed by atoms with Gasteiger partial charge in [0.1, 0.15) is 34.7 Å². The van der Waals surface area contributed by atoms with Crippen LogP contribution >= 0.6 is 11.6 Å². The Labute approximate surface area is 159 Å². The third-order valence-corrected chi connectivity index (χ3v) is 4.35. The second kappa shape index (κ2) is 7.34. The Balaban J connectivity index is 2.41. The molecule has 0 saturated carbocycles. The summed E-state index contributed by atoms with van der Waals surface area (Å²) in [4.78, 5) is 10.1. The van der Waals surface area contributed by atoms with E-state index < -0.39 is 23.0 Å². The molecule has 0 N–H and O–H groups in total. The average molecular weight is 398 g/mol. The maximum atomic E-state index is 14.6. The van der Waals surface area contributed by atoms with Gasteiger partial charge in [-0.25, -0.2) is 13.2 Å². The fraction of sp³-hybridized carbons (Fsp3) is 0.389. The summed E-state index contributed by atoms with van der Waals surface area (Å²) >= 11 is 6.32. The lowest BCUT2D eigenvalue weighted by atomic mass is 10.0. The largest absolute Gasteiger partial charge is 0.353 e. The van der Waals surface area contributed by atoms with Crippen molar-refractivity contribution in [3.8, 4) is 11.1 Å². The molecule has 9 heteroatoms. The Hall–Kier alpha value is -2.35. The van der Waals surface area contributed by atoms with Crippen molar-refractivity contribution in [2.45, 2.75) is 33.7 Å². The molecule has 0 aliphatic heterocycles. The Bertz CT molecular complexity index is 964. The summed E-state index contributed by atoms with van der Waals surface area (Å²) in [6, 6.07) is 1.20. The molecule has 144 valence electrons. The van der Waals surface area contributed by atoms with Crippen molar-refractivity contribution >= 4 is 23.2 Å². The van der Waals surface area contributed by atoms with Crippen LogP contribution in [0.3, 0.4) is 0 Å². The normalized spacial score (nSPS) is 11.8. The molecule has 1 aromatic carbocycles. The molecule has 2 heterocycles. The summed E-state index contributed by atoms with van der Waals surface area (Å²) < 4.78 is 44.0. The van der Waals surface area contributed by atoms with Gasteiger partial charge in [-0.05, 0) is 19.8 Å². The summed E-state index contributed by atoms with van der Waals surface area (Å²) in [6.45, 7) is 8.51. The SMILES string of the molecule is CC(C)CN(c1c(-c2c(F)cc(F)cc2F)c(Cl)nc2ncnn12)C(C)C. The summed E-state index contributed by atoms with van der Waals surface area (Å²) in [5.41, 5.74) is -0.435. The van der Waals surface area contributed by atoms with Crippen LogP contribution in [0.15, 0.2) is 18.5 Å². The van der Waals surface area contributed by atoms with E-state index in [4.69, 9.17) is 11.6 Å². The van der Waals surface area contributed by atoms with Gasteiger partial charge in [-0.3, -0.25) is 0 Å². The van der Waals surface area contributed by atoms with Gasteiger partial charge in [0.15, 0.2) is 0 Å². The molecule has 0 spiro atoms. The van der Waals surface area contributed by atoms with E-state index in [9.17, 15) is 13.2 Å². The zero-order valence-electron chi connectivity index (χ0n) is 15.3. The van der Waals surface area contributed by atoms with Crippen LogP contribution in [-0.2, 0) is 0 Å². The summed E-state index contributed by atoms with van der Waals surface area (Å²) in [5.74, 6) is -2.33. The highest BCUT2D eigenvalue weighted by atomic mass is 35.5. The van der Waals surface area contributed by atoms with Gasteiger partial charge in [0.2, 0.25) is 0 Å². The van der Waals surface area contributed by atoms with Crippen molar-refractivity contribution in [3.63, 3.8) is 0 Å². The Morgan fingerprint density at radius 1 is 1.07 bits per heavy atom. The van der Waals surface area contributed by atoms with Crippen LogP contribution in [0, 0.1) is 23.4 Å². The zero-order valence-corrected chi connectivity index (χ0v) is 16.1. The van der Waals surface area contributed by atoms with Crippen molar-refractivity contribution in [1.29, 1.82) is 0 Å². The van der Waals surface area contributed by atoms with Crippen molar-refractivity contribution in [3.05, 3.63) is 41.1 Å². The number of hydrogen-bond donors (Lipinski definition) is 0. The smallest absolute Gasteiger partial charge is 0.255 e.